The third kappa shape index (κ3) is 8.66. The van der Waals surface area contributed by atoms with Crippen LogP contribution in [-0.4, -0.2) is 67.2 Å². The summed E-state index contributed by atoms with van der Waals surface area (Å²) in [4.78, 5) is 29.4. The topological polar surface area (TPSA) is 96.0 Å². The lowest BCUT2D eigenvalue weighted by atomic mass is 10.0. The fraction of sp³-hybridized carbons (Fsp3) is 0.467. The SMILES string of the molecule is CC(C)(C)OC(=O)N(C1CCN(Cc2ccc(/C=C/C(=O)NS(C)(=O)=O)cc2)CC1)[C@@H]1C[C@H]1c1ccccc1. The number of benzene rings is 2. The number of likely N-dealkylation sites (tertiary alicyclic amines) is 1. The van der Waals surface area contributed by atoms with E-state index in [-0.39, 0.29) is 18.2 Å². The molecule has 0 spiro atoms. The third-order valence-corrected chi connectivity index (χ3v) is 7.57. The van der Waals surface area contributed by atoms with E-state index >= 15 is 0 Å². The fourth-order valence-corrected chi connectivity index (χ4v) is 5.59. The summed E-state index contributed by atoms with van der Waals surface area (Å²) in [5.74, 6) is -0.312. The number of rotatable bonds is 8. The highest BCUT2D eigenvalue weighted by atomic mass is 32.2. The van der Waals surface area contributed by atoms with E-state index in [1.165, 1.54) is 11.6 Å². The van der Waals surface area contributed by atoms with Gasteiger partial charge in [-0.1, -0.05) is 54.6 Å². The molecule has 2 atom stereocenters. The maximum absolute atomic E-state index is 13.3. The highest BCUT2D eigenvalue weighted by Gasteiger charge is 2.48. The summed E-state index contributed by atoms with van der Waals surface area (Å²) in [6.07, 6.45) is 6.29. The van der Waals surface area contributed by atoms with Gasteiger partial charge in [0.15, 0.2) is 0 Å². The first-order chi connectivity index (χ1) is 18.4. The molecular weight excluding hydrogens is 514 g/mol. The van der Waals surface area contributed by atoms with E-state index < -0.39 is 21.5 Å². The van der Waals surface area contributed by atoms with Crippen molar-refractivity contribution in [2.45, 2.75) is 70.2 Å². The van der Waals surface area contributed by atoms with Gasteiger partial charge in [-0.3, -0.25) is 9.69 Å². The lowest BCUT2D eigenvalue weighted by molar-refractivity contribution is -0.114. The van der Waals surface area contributed by atoms with Crippen molar-refractivity contribution in [2.24, 2.45) is 0 Å². The van der Waals surface area contributed by atoms with Gasteiger partial charge in [-0.25, -0.2) is 17.9 Å². The average molecular weight is 554 g/mol. The molecule has 2 amide bonds. The van der Waals surface area contributed by atoms with Gasteiger partial charge in [0.2, 0.25) is 10.0 Å². The van der Waals surface area contributed by atoms with E-state index in [0.717, 1.165) is 56.3 Å². The number of carbonyl (C=O) groups is 2. The van der Waals surface area contributed by atoms with Gasteiger partial charge in [0.25, 0.3) is 5.91 Å². The molecule has 2 aromatic carbocycles. The number of carbonyl (C=O) groups excluding carboxylic acids is 2. The predicted octanol–water partition coefficient (Wildman–Crippen LogP) is 4.53. The number of sulfonamides is 1. The summed E-state index contributed by atoms with van der Waals surface area (Å²) >= 11 is 0. The van der Waals surface area contributed by atoms with Crippen LogP contribution in [0.25, 0.3) is 6.08 Å². The molecule has 1 heterocycles. The molecule has 2 fully saturated rings. The molecule has 1 N–H and O–H groups in total. The van der Waals surface area contributed by atoms with E-state index in [1.807, 2.05) is 60.7 Å². The number of amides is 2. The lowest BCUT2D eigenvalue weighted by Gasteiger charge is -2.39. The molecule has 0 bridgehead atoms. The molecule has 1 saturated heterocycles. The molecule has 0 aromatic heterocycles. The van der Waals surface area contributed by atoms with Crippen molar-refractivity contribution < 1.29 is 22.7 Å². The minimum atomic E-state index is -3.58. The molecule has 210 valence electrons. The molecule has 1 saturated carbocycles. The first-order valence-corrected chi connectivity index (χ1v) is 15.3. The smallest absolute Gasteiger partial charge is 0.410 e. The van der Waals surface area contributed by atoms with Crippen molar-refractivity contribution in [3.63, 3.8) is 0 Å². The van der Waals surface area contributed by atoms with Crippen LogP contribution in [0.1, 0.15) is 62.6 Å². The summed E-state index contributed by atoms with van der Waals surface area (Å²) in [6.45, 7) is 8.32. The Morgan fingerprint density at radius 1 is 1.05 bits per heavy atom. The average Bonchev–Trinajstić information content (AvgIpc) is 3.63. The molecule has 1 aliphatic heterocycles. The standard InChI is InChI=1S/C30H39N3O5S/c1-30(2,3)38-29(35)33(27-20-26(27)24-8-6-5-7-9-24)25-16-18-32(19-17-25)21-23-12-10-22(11-13-23)14-15-28(34)31-39(4,36)37/h5-15,25-27H,16-21H2,1-4H3,(H,31,34)/b15-14+/t26-,27+/m0/s1. The summed E-state index contributed by atoms with van der Waals surface area (Å²) in [6, 6.07) is 18.6. The number of piperidine rings is 1. The van der Waals surface area contributed by atoms with Crippen molar-refractivity contribution in [1.29, 1.82) is 0 Å². The second kappa shape index (κ2) is 11.9. The largest absolute Gasteiger partial charge is 0.444 e. The van der Waals surface area contributed by atoms with Gasteiger partial charge in [0.05, 0.1) is 6.26 Å². The maximum atomic E-state index is 13.3. The van der Waals surface area contributed by atoms with Crippen LogP contribution in [0.2, 0.25) is 0 Å². The molecule has 2 aromatic rings. The first-order valence-electron chi connectivity index (χ1n) is 13.5. The van der Waals surface area contributed by atoms with Crippen LogP contribution in [-0.2, 0) is 26.1 Å². The normalized spacial score (nSPS) is 20.5. The summed E-state index contributed by atoms with van der Waals surface area (Å²) in [7, 11) is -3.58. The van der Waals surface area contributed by atoms with Crippen molar-refractivity contribution in [2.75, 3.05) is 19.3 Å². The molecule has 9 heteroatoms. The zero-order valence-corrected chi connectivity index (χ0v) is 24.0. The van der Waals surface area contributed by atoms with E-state index in [2.05, 4.69) is 29.2 Å². The fourth-order valence-electron chi connectivity index (χ4n) is 5.15. The Morgan fingerprint density at radius 3 is 2.28 bits per heavy atom. The van der Waals surface area contributed by atoms with Crippen LogP contribution in [0.3, 0.4) is 0 Å². The molecular formula is C30H39N3O5S. The van der Waals surface area contributed by atoms with E-state index in [0.29, 0.717) is 5.92 Å². The molecule has 0 radical (unpaired) electrons. The Hall–Kier alpha value is -3.17. The molecule has 1 aliphatic carbocycles. The quantitative estimate of drug-likeness (QED) is 0.483. The van der Waals surface area contributed by atoms with Crippen LogP contribution >= 0.6 is 0 Å². The zero-order valence-electron chi connectivity index (χ0n) is 23.2. The monoisotopic (exact) mass is 553 g/mol. The van der Waals surface area contributed by atoms with Crippen LogP contribution in [0, 0.1) is 0 Å². The second-order valence-corrected chi connectivity index (χ2v) is 13.3. The Bertz CT molecular complexity index is 1280. The zero-order chi connectivity index (χ0) is 28.2. The van der Waals surface area contributed by atoms with Gasteiger partial charge in [0.1, 0.15) is 5.60 Å². The minimum Gasteiger partial charge on any atom is -0.444 e. The van der Waals surface area contributed by atoms with Gasteiger partial charge < -0.3 is 9.64 Å². The highest BCUT2D eigenvalue weighted by Crippen LogP contribution is 2.46. The van der Waals surface area contributed by atoms with E-state index in [9.17, 15) is 18.0 Å². The van der Waals surface area contributed by atoms with Crippen LogP contribution in [0.15, 0.2) is 60.7 Å². The molecule has 0 unspecified atom stereocenters. The maximum Gasteiger partial charge on any atom is 0.410 e. The first kappa shape index (κ1) is 28.8. The molecule has 2 aliphatic rings. The van der Waals surface area contributed by atoms with Gasteiger partial charge in [-0.15, -0.1) is 0 Å². The molecule has 39 heavy (non-hydrogen) atoms. The third-order valence-electron chi connectivity index (χ3n) is 7.00. The Kier molecular flexibility index (Phi) is 8.81. The van der Waals surface area contributed by atoms with Gasteiger partial charge in [-0.2, -0.15) is 0 Å². The van der Waals surface area contributed by atoms with Gasteiger partial charge >= 0.3 is 6.09 Å². The number of hydrogen-bond donors (Lipinski definition) is 1. The van der Waals surface area contributed by atoms with Gasteiger partial charge in [-0.05, 0) is 62.8 Å². The molecule has 8 nitrogen and oxygen atoms in total. The van der Waals surface area contributed by atoms with E-state index in [4.69, 9.17) is 4.74 Å². The van der Waals surface area contributed by atoms with Crippen molar-refractivity contribution in [1.82, 2.24) is 14.5 Å². The minimum absolute atomic E-state index is 0.153. The number of nitrogens with one attached hydrogen (secondary N) is 1. The van der Waals surface area contributed by atoms with E-state index in [1.54, 1.807) is 6.08 Å². The van der Waals surface area contributed by atoms with Crippen LogP contribution in [0.5, 0.6) is 0 Å². The summed E-state index contributed by atoms with van der Waals surface area (Å²) in [5.41, 5.74) is 2.71. The Morgan fingerprint density at radius 2 is 1.69 bits per heavy atom. The van der Waals surface area contributed by atoms with Crippen molar-refractivity contribution in [3.05, 3.63) is 77.4 Å². The Balaban J connectivity index is 1.33. The van der Waals surface area contributed by atoms with Gasteiger partial charge in [0, 0.05) is 43.7 Å². The van der Waals surface area contributed by atoms with Crippen LogP contribution in [0.4, 0.5) is 4.79 Å². The second-order valence-electron chi connectivity index (χ2n) is 11.5. The molecule has 4 rings (SSSR count). The Labute approximate surface area is 232 Å². The number of nitrogens with zero attached hydrogens (tertiary/aromatic N) is 2. The van der Waals surface area contributed by atoms with Crippen LogP contribution < -0.4 is 4.72 Å². The van der Waals surface area contributed by atoms with Crippen molar-refractivity contribution >= 4 is 28.1 Å². The van der Waals surface area contributed by atoms with Crippen molar-refractivity contribution in [3.8, 4) is 0 Å². The predicted molar refractivity (Wildman–Crippen MR) is 152 cm³/mol. The number of hydrogen-bond acceptors (Lipinski definition) is 6. The highest BCUT2D eigenvalue weighted by molar-refractivity contribution is 7.89. The lowest BCUT2D eigenvalue weighted by Crippen LogP contribution is -2.50. The summed E-state index contributed by atoms with van der Waals surface area (Å²) in [5, 5.41) is 0. The summed E-state index contributed by atoms with van der Waals surface area (Å²) < 4.78 is 30.0. The number of ether oxygens (including phenoxy) is 1.